The van der Waals surface area contributed by atoms with Crippen molar-refractivity contribution in [3.63, 3.8) is 0 Å². The Kier molecular flexibility index (Phi) is 7.67. The van der Waals surface area contributed by atoms with E-state index in [0.717, 1.165) is 0 Å². The fourth-order valence-electron chi connectivity index (χ4n) is 0.987. The maximum absolute atomic E-state index is 11.9. The first-order chi connectivity index (χ1) is 7.04. The van der Waals surface area contributed by atoms with Crippen LogP contribution in [0.5, 0.6) is 0 Å². The van der Waals surface area contributed by atoms with E-state index in [9.17, 15) is 4.57 Å². The quantitative estimate of drug-likeness (QED) is 0.495. The van der Waals surface area contributed by atoms with Crippen molar-refractivity contribution in [2.45, 2.75) is 27.7 Å². The molecule has 0 aromatic heterocycles. The third kappa shape index (κ3) is 7.55. The molecule has 0 aromatic carbocycles. The Morgan fingerprint density at radius 1 is 1.20 bits per heavy atom. The molecule has 3 nitrogen and oxygen atoms in total. The minimum atomic E-state index is -2.90. The molecule has 0 saturated carbocycles. The van der Waals surface area contributed by atoms with E-state index in [4.69, 9.17) is 9.05 Å². The van der Waals surface area contributed by atoms with Crippen LogP contribution in [0.25, 0.3) is 0 Å². The summed E-state index contributed by atoms with van der Waals surface area (Å²) in [4.78, 5) is 0. The van der Waals surface area contributed by atoms with Gasteiger partial charge in [-0.15, -0.1) is 0 Å². The molecule has 0 aliphatic carbocycles. The highest BCUT2D eigenvalue weighted by Crippen LogP contribution is 2.47. The fourth-order valence-corrected chi connectivity index (χ4v) is 2.44. The molecule has 0 bridgehead atoms. The van der Waals surface area contributed by atoms with E-state index in [1.54, 1.807) is 0 Å². The van der Waals surface area contributed by atoms with Gasteiger partial charge in [-0.05, 0) is 27.7 Å². The second-order valence-corrected chi connectivity index (χ2v) is 5.40. The zero-order valence-electron chi connectivity index (χ0n) is 10.0. The Bertz CT molecular complexity index is 255. The second-order valence-electron chi connectivity index (χ2n) is 3.30. The number of allylic oxidation sites excluding steroid dienone is 4. The van der Waals surface area contributed by atoms with Crippen molar-refractivity contribution in [2.75, 3.05) is 19.4 Å². The summed E-state index contributed by atoms with van der Waals surface area (Å²) in [5.74, 6) is 0. The van der Waals surface area contributed by atoms with Crippen molar-refractivity contribution in [1.82, 2.24) is 0 Å². The molecule has 0 radical (unpaired) electrons. The third-order valence-corrected chi connectivity index (χ3v) is 3.51. The molecule has 15 heavy (non-hydrogen) atoms. The normalized spacial score (nSPS) is 12.0. The topological polar surface area (TPSA) is 35.5 Å². The van der Waals surface area contributed by atoms with Crippen LogP contribution in [0.4, 0.5) is 0 Å². The van der Waals surface area contributed by atoms with E-state index < -0.39 is 7.60 Å². The Morgan fingerprint density at radius 2 is 1.73 bits per heavy atom. The van der Waals surface area contributed by atoms with Gasteiger partial charge in [-0.2, -0.15) is 0 Å². The summed E-state index contributed by atoms with van der Waals surface area (Å²) in [5, 5.41) is 0. The first-order valence-corrected chi connectivity index (χ1v) is 6.95. The van der Waals surface area contributed by atoms with Crippen LogP contribution in [0.15, 0.2) is 23.8 Å². The molecule has 88 valence electrons. The van der Waals surface area contributed by atoms with Gasteiger partial charge >= 0.3 is 7.60 Å². The van der Waals surface area contributed by atoms with E-state index in [-0.39, 0.29) is 0 Å². The SMILES string of the molecule is CCOP(=O)(C/C=C/C=C(C)C)OCC. The van der Waals surface area contributed by atoms with Gasteiger partial charge in [0.1, 0.15) is 0 Å². The van der Waals surface area contributed by atoms with E-state index in [0.29, 0.717) is 19.4 Å². The van der Waals surface area contributed by atoms with Crippen LogP contribution >= 0.6 is 7.60 Å². The third-order valence-electron chi connectivity index (χ3n) is 1.55. The Balaban J connectivity index is 4.24. The van der Waals surface area contributed by atoms with E-state index in [1.807, 2.05) is 45.9 Å². The summed E-state index contributed by atoms with van der Waals surface area (Å²) in [5.41, 5.74) is 1.20. The molecule has 0 rings (SSSR count). The second kappa shape index (κ2) is 7.86. The molecule has 0 saturated heterocycles. The highest BCUT2D eigenvalue weighted by Gasteiger charge is 2.20. The lowest BCUT2D eigenvalue weighted by Crippen LogP contribution is -1.98. The van der Waals surface area contributed by atoms with Crippen molar-refractivity contribution in [3.05, 3.63) is 23.8 Å². The number of hydrogen-bond donors (Lipinski definition) is 0. The van der Waals surface area contributed by atoms with Gasteiger partial charge in [0.25, 0.3) is 0 Å². The van der Waals surface area contributed by atoms with Crippen molar-refractivity contribution in [1.29, 1.82) is 0 Å². The molecule has 0 atom stereocenters. The van der Waals surface area contributed by atoms with Gasteiger partial charge in [0.05, 0.1) is 19.4 Å². The highest BCUT2D eigenvalue weighted by molar-refractivity contribution is 7.54. The van der Waals surface area contributed by atoms with Gasteiger partial charge in [0, 0.05) is 0 Å². The van der Waals surface area contributed by atoms with Crippen LogP contribution in [0.3, 0.4) is 0 Å². The first kappa shape index (κ1) is 14.6. The van der Waals surface area contributed by atoms with Crippen molar-refractivity contribution >= 4 is 7.60 Å². The lowest BCUT2D eigenvalue weighted by Gasteiger charge is -2.14. The molecular formula is C11H21O3P. The molecule has 0 unspecified atom stereocenters. The predicted molar refractivity (Wildman–Crippen MR) is 64.3 cm³/mol. The van der Waals surface area contributed by atoms with Gasteiger partial charge in [-0.1, -0.05) is 23.8 Å². The Hall–Kier alpha value is -0.370. The van der Waals surface area contributed by atoms with Crippen molar-refractivity contribution < 1.29 is 13.6 Å². The summed E-state index contributed by atoms with van der Waals surface area (Å²) in [6.45, 7) is 8.46. The molecule has 0 aromatic rings. The summed E-state index contributed by atoms with van der Waals surface area (Å²) in [6.07, 6.45) is 5.99. The average molecular weight is 232 g/mol. The summed E-state index contributed by atoms with van der Waals surface area (Å²) < 4.78 is 22.2. The van der Waals surface area contributed by atoms with Crippen LogP contribution in [-0.2, 0) is 13.6 Å². The minimum Gasteiger partial charge on any atom is -0.309 e. The van der Waals surface area contributed by atoms with Crippen LogP contribution in [0.1, 0.15) is 27.7 Å². The van der Waals surface area contributed by atoms with E-state index >= 15 is 0 Å². The standard InChI is InChI=1S/C11H21O3P/c1-5-13-15(12,14-6-2)10-8-7-9-11(3)4/h7-9H,5-6,10H2,1-4H3/b8-7+. The van der Waals surface area contributed by atoms with Gasteiger partial charge in [-0.3, -0.25) is 4.57 Å². The van der Waals surface area contributed by atoms with E-state index in [2.05, 4.69) is 0 Å². The van der Waals surface area contributed by atoms with E-state index in [1.165, 1.54) is 5.57 Å². The molecule has 0 N–H and O–H groups in total. The molecule has 0 spiro atoms. The monoisotopic (exact) mass is 232 g/mol. The largest absolute Gasteiger partial charge is 0.334 e. The predicted octanol–water partition coefficient (Wildman–Crippen LogP) is 3.77. The van der Waals surface area contributed by atoms with Crippen LogP contribution < -0.4 is 0 Å². The van der Waals surface area contributed by atoms with Crippen LogP contribution in [0, 0.1) is 0 Å². The van der Waals surface area contributed by atoms with Crippen LogP contribution in [0.2, 0.25) is 0 Å². The maximum Gasteiger partial charge on any atom is 0.334 e. The van der Waals surface area contributed by atoms with Gasteiger partial charge in [0.15, 0.2) is 0 Å². The fraction of sp³-hybridized carbons (Fsp3) is 0.636. The van der Waals surface area contributed by atoms with Crippen LogP contribution in [-0.4, -0.2) is 19.4 Å². The number of rotatable bonds is 7. The smallest absolute Gasteiger partial charge is 0.309 e. The Labute approximate surface area is 92.7 Å². The number of hydrogen-bond acceptors (Lipinski definition) is 3. The summed E-state index contributed by atoms with van der Waals surface area (Å²) in [7, 11) is -2.90. The molecule has 4 heteroatoms. The molecule has 0 heterocycles. The minimum absolute atomic E-state index is 0.332. The molecular weight excluding hydrogens is 211 g/mol. The molecule has 0 fully saturated rings. The molecule has 0 aliphatic rings. The lowest BCUT2D eigenvalue weighted by atomic mass is 10.3. The zero-order valence-corrected chi connectivity index (χ0v) is 10.9. The van der Waals surface area contributed by atoms with Crippen molar-refractivity contribution in [2.24, 2.45) is 0 Å². The highest BCUT2D eigenvalue weighted by atomic mass is 31.2. The zero-order chi connectivity index (χ0) is 11.7. The van der Waals surface area contributed by atoms with Gasteiger partial charge in [-0.25, -0.2) is 0 Å². The maximum atomic E-state index is 11.9. The average Bonchev–Trinajstić information content (AvgIpc) is 2.13. The van der Waals surface area contributed by atoms with Crippen molar-refractivity contribution in [3.8, 4) is 0 Å². The molecule has 0 aliphatic heterocycles. The summed E-state index contributed by atoms with van der Waals surface area (Å²) >= 11 is 0. The Morgan fingerprint density at radius 3 is 2.13 bits per heavy atom. The lowest BCUT2D eigenvalue weighted by molar-refractivity contribution is 0.222. The molecule has 0 amide bonds. The van der Waals surface area contributed by atoms with Gasteiger partial charge < -0.3 is 9.05 Å². The first-order valence-electron chi connectivity index (χ1n) is 5.22. The van der Waals surface area contributed by atoms with Gasteiger partial charge in [0.2, 0.25) is 0 Å². The summed E-state index contributed by atoms with van der Waals surface area (Å²) in [6, 6.07) is 0.